The summed E-state index contributed by atoms with van der Waals surface area (Å²) in [4.78, 5) is 13.7. The Morgan fingerprint density at radius 3 is 2.50 bits per heavy atom. The molecule has 100 valence electrons. The Kier molecular flexibility index (Phi) is 5.86. The molecule has 0 heterocycles. The molecular weight excluding hydrogens is 224 g/mol. The maximum Gasteiger partial charge on any atom is 0.223 e. The summed E-state index contributed by atoms with van der Waals surface area (Å²) >= 11 is 0. The van der Waals surface area contributed by atoms with Gasteiger partial charge in [0.1, 0.15) is 0 Å². The second-order valence-corrected chi connectivity index (χ2v) is 4.90. The summed E-state index contributed by atoms with van der Waals surface area (Å²) in [6.07, 6.45) is 1.47. The predicted octanol–water partition coefficient (Wildman–Crippen LogP) is 1.99. The first kappa shape index (κ1) is 14.7. The minimum absolute atomic E-state index is 0.198. The third-order valence-corrected chi connectivity index (χ3v) is 3.30. The standard InChI is InChI=1S/C15H24N2O/c1-12-5-7-14(8-6-12)11-13(2)17(4)15(18)9-10-16-3/h5-8,13,16H,9-11H2,1-4H3. The van der Waals surface area contributed by atoms with Gasteiger partial charge in [0, 0.05) is 26.1 Å². The summed E-state index contributed by atoms with van der Waals surface area (Å²) < 4.78 is 0. The molecule has 0 saturated heterocycles. The van der Waals surface area contributed by atoms with Gasteiger partial charge in [0.15, 0.2) is 0 Å². The summed E-state index contributed by atoms with van der Waals surface area (Å²) in [7, 11) is 3.75. The monoisotopic (exact) mass is 248 g/mol. The van der Waals surface area contributed by atoms with Crippen molar-refractivity contribution in [3.63, 3.8) is 0 Å². The van der Waals surface area contributed by atoms with Crippen LogP contribution in [0.5, 0.6) is 0 Å². The fourth-order valence-electron chi connectivity index (χ4n) is 1.86. The van der Waals surface area contributed by atoms with E-state index in [1.165, 1.54) is 11.1 Å². The van der Waals surface area contributed by atoms with E-state index in [9.17, 15) is 4.79 Å². The summed E-state index contributed by atoms with van der Waals surface area (Å²) in [5, 5.41) is 3.00. The molecule has 0 fully saturated rings. The van der Waals surface area contributed by atoms with E-state index >= 15 is 0 Å². The topological polar surface area (TPSA) is 32.3 Å². The van der Waals surface area contributed by atoms with Crippen LogP contribution in [-0.4, -0.2) is 37.5 Å². The highest BCUT2D eigenvalue weighted by atomic mass is 16.2. The molecule has 0 spiro atoms. The van der Waals surface area contributed by atoms with Gasteiger partial charge >= 0.3 is 0 Å². The Labute approximate surface area is 110 Å². The van der Waals surface area contributed by atoms with E-state index in [1.807, 2.05) is 19.0 Å². The van der Waals surface area contributed by atoms with Crippen LogP contribution in [0.3, 0.4) is 0 Å². The highest BCUT2D eigenvalue weighted by Crippen LogP contribution is 2.09. The van der Waals surface area contributed by atoms with Crippen molar-refractivity contribution >= 4 is 5.91 Å². The number of hydrogen-bond donors (Lipinski definition) is 1. The molecule has 1 amide bonds. The van der Waals surface area contributed by atoms with Gasteiger partial charge in [0.2, 0.25) is 5.91 Å². The van der Waals surface area contributed by atoms with Gasteiger partial charge in [-0.15, -0.1) is 0 Å². The lowest BCUT2D eigenvalue weighted by Gasteiger charge is -2.25. The number of nitrogens with zero attached hydrogens (tertiary/aromatic N) is 1. The first-order valence-corrected chi connectivity index (χ1v) is 6.50. The zero-order chi connectivity index (χ0) is 13.5. The Balaban J connectivity index is 2.51. The molecule has 0 saturated carbocycles. The quantitative estimate of drug-likeness (QED) is 0.835. The summed E-state index contributed by atoms with van der Waals surface area (Å²) in [6.45, 7) is 4.91. The Hall–Kier alpha value is -1.35. The number of hydrogen-bond acceptors (Lipinski definition) is 2. The molecule has 1 rings (SSSR count). The molecule has 1 unspecified atom stereocenters. The number of likely N-dealkylation sites (N-methyl/N-ethyl adjacent to an activating group) is 1. The number of amides is 1. The maximum absolute atomic E-state index is 11.9. The molecule has 0 bridgehead atoms. The second kappa shape index (κ2) is 7.17. The Morgan fingerprint density at radius 1 is 1.33 bits per heavy atom. The lowest BCUT2D eigenvalue weighted by atomic mass is 10.0. The van der Waals surface area contributed by atoms with Gasteiger partial charge in [-0.2, -0.15) is 0 Å². The lowest BCUT2D eigenvalue weighted by Crippen LogP contribution is -2.37. The van der Waals surface area contributed by atoms with Crippen LogP contribution in [0.1, 0.15) is 24.5 Å². The fourth-order valence-corrected chi connectivity index (χ4v) is 1.86. The molecular formula is C15H24N2O. The van der Waals surface area contributed by atoms with Crippen molar-refractivity contribution in [2.45, 2.75) is 32.7 Å². The average molecular weight is 248 g/mol. The van der Waals surface area contributed by atoms with Gasteiger partial charge in [0.05, 0.1) is 0 Å². The van der Waals surface area contributed by atoms with E-state index < -0.39 is 0 Å². The van der Waals surface area contributed by atoms with E-state index in [2.05, 4.69) is 43.4 Å². The Bertz CT molecular complexity index is 373. The molecule has 3 heteroatoms. The van der Waals surface area contributed by atoms with Crippen LogP contribution >= 0.6 is 0 Å². The fraction of sp³-hybridized carbons (Fsp3) is 0.533. The normalized spacial score (nSPS) is 12.2. The van der Waals surface area contributed by atoms with E-state index in [0.29, 0.717) is 6.42 Å². The van der Waals surface area contributed by atoms with Gasteiger partial charge in [-0.3, -0.25) is 4.79 Å². The third kappa shape index (κ3) is 4.49. The predicted molar refractivity (Wildman–Crippen MR) is 75.7 cm³/mol. The first-order valence-electron chi connectivity index (χ1n) is 6.50. The zero-order valence-electron chi connectivity index (χ0n) is 11.9. The van der Waals surface area contributed by atoms with Crippen molar-refractivity contribution < 1.29 is 4.79 Å². The minimum Gasteiger partial charge on any atom is -0.343 e. The SMILES string of the molecule is CNCCC(=O)N(C)C(C)Cc1ccc(C)cc1. The largest absolute Gasteiger partial charge is 0.343 e. The number of rotatable bonds is 6. The number of carbonyl (C=O) groups is 1. The smallest absolute Gasteiger partial charge is 0.223 e. The molecule has 0 aliphatic rings. The van der Waals surface area contributed by atoms with Crippen LogP contribution in [-0.2, 0) is 11.2 Å². The van der Waals surface area contributed by atoms with Crippen molar-refractivity contribution in [2.24, 2.45) is 0 Å². The van der Waals surface area contributed by atoms with Crippen molar-refractivity contribution in [3.8, 4) is 0 Å². The zero-order valence-corrected chi connectivity index (χ0v) is 11.9. The van der Waals surface area contributed by atoms with Crippen molar-refractivity contribution in [1.29, 1.82) is 0 Å². The summed E-state index contributed by atoms with van der Waals surface area (Å²) in [6, 6.07) is 8.74. The second-order valence-electron chi connectivity index (χ2n) is 4.90. The first-order chi connectivity index (χ1) is 8.54. The highest BCUT2D eigenvalue weighted by molar-refractivity contribution is 5.76. The minimum atomic E-state index is 0.198. The molecule has 1 atom stereocenters. The van der Waals surface area contributed by atoms with Crippen LogP contribution < -0.4 is 5.32 Å². The van der Waals surface area contributed by atoms with Crippen molar-refractivity contribution in [3.05, 3.63) is 35.4 Å². The maximum atomic E-state index is 11.9. The average Bonchev–Trinajstić information content (AvgIpc) is 2.37. The Morgan fingerprint density at radius 2 is 1.94 bits per heavy atom. The molecule has 1 N–H and O–H groups in total. The van der Waals surface area contributed by atoms with Crippen LogP contribution in [0.15, 0.2) is 24.3 Å². The van der Waals surface area contributed by atoms with E-state index in [1.54, 1.807) is 0 Å². The number of carbonyl (C=O) groups excluding carboxylic acids is 1. The van der Waals surface area contributed by atoms with E-state index in [4.69, 9.17) is 0 Å². The van der Waals surface area contributed by atoms with Gasteiger partial charge < -0.3 is 10.2 Å². The van der Waals surface area contributed by atoms with E-state index in [0.717, 1.165) is 13.0 Å². The third-order valence-electron chi connectivity index (χ3n) is 3.30. The molecule has 3 nitrogen and oxygen atoms in total. The van der Waals surface area contributed by atoms with Crippen molar-refractivity contribution in [1.82, 2.24) is 10.2 Å². The van der Waals surface area contributed by atoms with Gasteiger partial charge in [-0.1, -0.05) is 29.8 Å². The lowest BCUT2D eigenvalue weighted by molar-refractivity contribution is -0.131. The van der Waals surface area contributed by atoms with Crippen LogP contribution in [0.4, 0.5) is 0 Å². The highest BCUT2D eigenvalue weighted by Gasteiger charge is 2.15. The number of nitrogens with one attached hydrogen (secondary N) is 1. The molecule has 0 aliphatic carbocycles. The van der Waals surface area contributed by atoms with Crippen molar-refractivity contribution in [2.75, 3.05) is 20.6 Å². The molecule has 0 aromatic heterocycles. The molecule has 1 aromatic rings. The van der Waals surface area contributed by atoms with Gasteiger partial charge in [0.25, 0.3) is 0 Å². The summed E-state index contributed by atoms with van der Waals surface area (Å²) in [5.41, 5.74) is 2.55. The molecule has 0 aliphatic heterocycles. The molecule has 1 aromatic carbocycles. The van der Waals surface area contributed by atoms with Gasteiger partial charge in [-0.05, 0) is 32.9 Å². The number of benzene rings is 1. The van der Waals surface area contributed by atoms with Gasteiger partial charge in [-0.25, -0.2) is 0 Å². The summed E-state index contributed by atoms with van der Waals surface area (Å²) in [5.74, 6) is 0.198. The molecule has 0 radical (unpaired) electrons. The van der Waals surface area contributed by atoms with Crippen LogP contribution in [0.25, 0.3) is 0 Å². The molecule has 18 heavy (non-hydrogen) atoms. The van der Waals surface area contributed by atoms with Crippen LogP contribution in [0.2, 0.25) is 0 Å². The van der Waals surface area contributed by atoms with E-state index in [-0.39, 0.29) is 11.9 Å². The van der Waals surface area contributed by atoms with Crippen LogP contribution in [0, 0.1) is 6.92 Å². The number of aryl methyl sites for hydroxylation is 1.